The van der Waals surface area contributed by atoms with Crippen LogP contribution < -0.4 is 10.1 Å². The van der Waals surface area contributed by atoms with Crippen molar-refractivity contribution in [2.45, 2.75) is 25.8 Å². The molecule has 2 aliphatic rings. The Morgan fingerprint density at radius 2 is 1.87 bits per heavy atom. The van der Waals surface area contributed by atoms with E-state index in [1.165, 1.54) is 0 Å². The van der Waals surface area contributed by atoms with Crippen molar-refractivity contribution in [3.8, 4) is 5.75 Å². The third-order valence-electron chi connectivity index (χ3n) is 5.60. The molecule has 0 bridgehead atoms. The van der Waals surface area contributed by atoms with Gasteiger partial charge in [-0.1, -0.05) is 17.7 Å². The number of aliphatic imine (C=N–C) groups is 1. The van der Waals surface area contributed by atoms with E-state index >= 15 is 0 Å². The number of amides is 1. The number of piperazine rings is 1. The number of hydrogen-bond acceptors (Lipinski definition) is 4. The van der Waals surface area contributed by atoms with E-state index in [-0.39, 0.29) is 35.9 Å². The second-order valence-electron chi connectivity index (χ2n) is 7.51. The van der Waals surface area contributed by atoms with Crippen molar-refractivity contribution >= 4 is 47.4 Å². The normalized spacial score (nSPS) is 18.7. The maximum Gasteiger partial charge on any atom is 0.239 e. The first kappa shape index (κ1) is 25.0. The molecule has 30 heavy (non-hydrogen) atoms. The van der Waals surface area contributed by atoms with Crippen LogP contribution in [0.4, 0.5) is 0 Å². The number of carbonyl (C=O) groups excluding carboxylic acids is 1. The number of guanidine groups is 1. The molecule has 1 amide bonds. The maximum atomic E-state index is 12.6. The van der Waals surface area contributed by atoms with Gasteiger partial charge in [-0.15, -0.1) is 24.0 Å². The van der Waals surface area contributed by atoms with Crippen molar-refractivity contribution in [1.82, 2.24) is 20.0 Å². The number of nitrogens with zero attached hydrogens (tertiary/aromatic N) is 4. The number of rotatable bonds is 6. The molecule has 2 aliphatic heterocycles. The second-order valence-corrected chi connectivity index (χ2v) is 7.95. The summed E-state index contributed by atoms with van der Waals surface area (Å²) in [7, 11) is 1.80. The number of carbonyl (C=O) groups is 1. The third-order valence-corrected chi connectivity index (χ3v) is 5.83. The van der Waals surface area contributed by atoms with Crippen LogP contribution in [0.3, 0.4) is 0 Å². The Balaban J connectivity index is 0.00000320. The Labute approximate surface area is 201 Å². The molecule has 0 aromatic heterocycles. The Morgan fingerprint density at radius 1 is 1.17 bits per heavy atom. The Hall–Kier alpha value is -1.26. The molecule has 2 fully saturated rings. The highest BCUT2D eigenvalue weighted by Gasteiger charge is 2.30. The molecule has 0 spiro atoms. The van der Waals surface area contributed by atoms with Crippen LogP contribution in [0.5, 0.6) is 5.75 Å². The lowest BCUT2D eigenvalue weighted by Gasteiger charge is -2.39. The lowest BCUT2D eigenvalue weighted by molar-refractivity contribution is -0.135. The number of ether oxygens (including phenoxy) is 1. The molecule has 168 valence electrons. The molecule has 1 unspecified atom stereocenters. The van der Waals surface area contributed by atoms with Gasteiger partial charge in [0.15, 0.2) is 5.96 Å². The average Bonchev–Trinajstić information content (AvgIpc) is 3.28. The molecule has 1 aromatic carbocycles. The van der Waals surface area contributed by atoms with Gasteiger partial charge >= 0.3 is 0 Å². The van der Waals surface area contributed by atoms with E-state index in [2.05, 4.69) is 20.1 Å². The first-order valence-corrected chi connectivity index (χ1v) is 10.8. The molecule has 9 heteroatoms. The molecule has 2 saturated heterocycles. The zero-order valence-corrected chi connectivity index (χ0v) is 20.9. The van der Waals surface area contributed by atoms with Gasteiger partial charge in [0.25, 0.3) is 0 Å². The summed E-state index contributed by atoms with van der Waals surface area (Å²) in [4.78, 5) is 23.6. The van der Waals surface area contributed by atoms with Crippen molar-refractivity contribution in [3.63, 3.8) is 0 Å². The van der Waals surface area contributed by atoms with E-state index in [0.29, 0.717) is 18.2 Å². The minimum Gasteiger partial charge on any atom is -0.492 e. The van der Waals surface area contributed by atoms with E-state index < -0.39 is 0 Å². The van der Waals surface area contributed by atoms with E-state index in [0.717, 1.165) is 63.8 Å². The second kappa shape index (κ2) is 12.6. The summed E-state index contributed by atoms with van der Waals surface area (Å²) in [5, 5.41) is 4.03. The summed E-state index contributed by atoms with van der Waals surface area (Å²) in [6.45, 7) is 8.48. The highest BCUT2D eigenvalue weighted by atomic mass is 127. The predicted molar refractivity (Wildman–Crippen MR) is 132 cm³/mol. The summed E-state index contributed by atoms with van der Waals surface area (Å²) in [6.07, 6.45) is 2.27. The topological polar surface area (TPSA) is 60.4 Å². The molecule has 1 atom stereocenters. The SMILES string of the molecule is CN=C(NCCOc1cccc(Cl)c1)N1CCN(C(C)C(=O)N2CCCC2)CC1.I. The molecule has 2 heterocycles. The van der Waals surface area contributed by atoms with Crippen molar-refractivity contribution in [3.05, 3.63) is 29.3 Å². The molecule has 1 aromatic rings. The maximum absolute atomic E-state index is 12.6. The quantitative estimate of drug-likeness (QED) is 0.256. The Bertz CT molecular complexity index is 706. The fourth-order valence-corrected chi connectivity index (χ4v) is 4.08. The predicted octanol–water partition coefficient (Wildman–Crippen LogP) is 2.54. The minimum atomic E-state index is -0.0451. The molecule has 3 rings (SSSR count). The molecule has 7 nitrogen and oxygen atoms in total. The monoisotopic (exact) mass is 549 g/mol. The molecule has 0 saturated carbocycles. The summed E-state index contributed by atoms with van der Waals surface area (Å²) >= 11 is 5.97. The van der Waals surface area contributed by atoms with Crippen molar-refractivity contribution < 1.29 is 9.53 Å². The summed E-state index contributed by atoms with van der Waals surface area (Å²) in [5.41, 5.74) is 0. The van der Waals surface area contributed by atoms with Gasteiger partial charge in [-0.05, 0) is 38.0 Å². The van der Waals surface area contributed by atoms with Crippen molar-refractivity contribution in [2.75, 3.05) is 59.5 Å². The molecule has 1 N–H and O–H groups in total. The van der Waals surface area contributed by atoms with Crippen LogP contribution in [0.15, 0.2) is 29.3 Å². The lowest BCUT2D eigenvalue weighted by Crippen LogP contribution is -2.57. The van der Waals surface area contributed by atoms with Gasteiger partial charge in [-0.25, -0.2) is 0 Å². The van der Waals surface area contributed by atoms with Crippen LogP contribution in [0.25, 0.3) is 0 Å². The zero-order chi connectivity index (χ0) is 20.6. The molecular formula is C21H33ClIN5O2. The number of nitrogens with one attached hydrogen (secondary N) is 1. The molecular weight excluding hydrogens is 517 g/mol. The first-order valence-electron chi connectivity index (χ1n) is 10.5. The van der Waals surface area contributed by atoms with Crippen molar-refractivity contribution in [1.29, 1.82) is 0 Å². The fourth-order valence-electron chi connectivity index (χ4n) is 3.90. The van der Waals surface area contributed by atoms with Gasteiger partial charge in [-0.3, -0.25) is 14.7 Å². The van der Waals surface area contributed by atoms with Gasteiger partial charge in [-0.2, -0.15) is 0 Å². The van der Waals surface area contributed by atoms with Crippen LogP contribution in [-0.4, -0.2) is 92.1 Å². The largest absolute Gasteiger partial charge is 0.492 e. The number of hydrogen-bond donors (Lipinski definition) is 1. The highest BCUT2D eigenvalue weighted by molar-refractivity contribution is 14.0. The van der Waals surface area contributed by atoms with Crippen LogP contribution in [0, 0.1) is 0 Å². The summed E-state index contributed by atoms with van der Waals surface area (Å²) in [5.74, 6) is 1.91. The summed E-state index contributed by atoms with van der Waals surface area (Å²) in [6, 6.07) is 7.36. The third kappa shape index (κ3) is 6.88. The van der Waals surface area contributed by atoms with Gasteiger partial charge in [0.1, 0.15) is 12.4 Å². The van der Waals surface area contributed by atoms with E-state index in [1.54, 1.807) is 13.1 Å². The first-order chi connectivity index (χ1) is 14.1. The van der Waals surface area contributed by atoms with Gasteiger partial charge in [0.05, 0.1) is 12.6 Å². The number of likely N-dealkylation sites (tertiary alicyclic amines) is 1. The van der Waals surface area contributed by atoms with Crippen LogP contribution in [-0.2, 0) is 4.79 Å². The van der Waals surface area contributed by atoms with E-state index in [4.69, 9.17) is 16.3 Å². The number of halogens is 2. The van der Waals surface area contributed by atoms with Gasteiger partial charge in [0.2, 0.25) is 5.91 Å². The average molecular weight is 550 g/mol. The fraction of sp³-hybridized carbons (Fsp3) is 0.619. The highest BCUT2D eigenvalue weighted by Crippen LogP contribution is 2.17. The lowest BCUT2D eigenvalue weighted by atomic mass is 10.2. The standard InChI is InChI=1S/C21H32ClN5O2.HI/c1-17(20(28)26-9-3-4-10-26)25-11-13-27(14-12-25)21(23-2)24-8-15-29-19-7-5-6-18(22)16-19;/h5-7,16-17H,3-4,8-15H2,1-2H3,(H,23,24);1H. The van der Waals surface area contributed by atoms with Crippen LogP contribution in [0.1, 0.15) is 19.8 Å². The van der Waals surface area contributed by atoms with Gasteiger partial charge in [0, 0.05) is 51.3 Å². The van der Waals surface area contributed by atoms with E-state index in [1.807, 2.05) is 30.0 Å². The van der Waals surface area contributed by atoms with Crippen LogP contribution >= 0.6 is 35.6 Å². The van der Waals surface area contributed by atoms with E-state index in [9.17, 15) is 4.79 Å². The Morgan fingerprint density at radius 3 is 2.50 bits per heavy atom. The minimum absolute atomic E-state index is 0. The Kier molecular flexibility index (Phi) is 10.5. The van der Waals surface area contributed by atoms with Crippen LogP contribution in [0.2, 0.25) is 5.02 Å². The number of benzene rings is 1. The van der Waals surface area contributed by atoms with Gasteiger partial charge < -0.3 is 19.9 Å². The zero-order valence-electron chi connectivity index (χ0n) is 17.8. The molecule has 0 radical (unpaired) electrons. The summed E-state index contributed by atoms with van der Waals surface area (Å²) < 4.78 is 5.72. The molecule has 0 aliphatic carbocycles. The van der Waals surface area contributed by atoms with Crippen molar-refractivity contribution in [2.24, 2.45) is 4.99 Å². The smallest absolute Gasteiger partial charge is 0.239 e.